The predicted molar refractivity (Wildman–Crippen MR) is 127 cm³/mol. The summed E-state index contributed by atoms with van der Waals surface area (Å²) in [6, 6.07) is 14.4. The second-order valence-corrected chi connectivity index (χ2v) is 9.73. The van der Waals surface area contributed by atoms with E-state index in [1.807, 2.05) is 23.0 Å². The molecule has 0 saturated carbocycles. The van der Waals surface area contributed by atoms with E-state index in [-0.39, 0.29) is 0 Å². The summed E-state index contributed by atoms with van der Waals surface area (Å²) in [5, 5.41) is 5.63. The molecule has 0 aliphatic rings. The third-order valence-electron chi connectivity index (χ3n) is 4.95. The van der Waals surface area contributed by atoms with Gasteiger partial charge in [-0.05, 0) is 11.4 Å². The van der Waals surface area contributed by atoms with E-state index in [4.69, 9.17) is 23.2 Å². The van der Waals surface area contributed by atoms with Crippen LogP contribution >= 0.6 is 34.5 Å². The van der Waals surface area contributed by atoms with E-state index < -0.39 is 0 Å². The fourth-order valence-corrected chi connectivity index (χ4v) is 5.65. The summed E-state index contributed by atoms with van der Waals surface area (Å²) < 4.78 is 2.05. The van der Waals surface area contributed by atoms with Gasteiger partial charge >= 0.3 is 151 Å². The molecule has 0 aliphatic carbocycles. The van der Waals surface area contributed by atoms with Crippen molar-refractivity contribution < 1.29 is 0 Å². The Morgan fingerprint density at radius 3 is 2.66 bits per heavy atom. The van der Waals surface area contributed by atoms with Gasteiger partial charge < -0.3 is 0 Å². The number of hydrogen-bond acceptors (Lipinski definition) is 3. The van der Waals surface area contributed by atoms with E-state index >= 15 is 0 Å². The first kappa shape index (κ1) is 19.1. The summed E-state index contributed by atoms with van der Waals surface area (Å²) in [4.78, 5) is 10.3. The Morgan fingerprint density at radius 2 is 1.90 bits per heavy atom. The van der Waals surface area contributed by atoms with Crippen molar-refractivity contribution in [2.75, 3.05) is 0 Å². The molecule has 3 nitrogen and oxygen atoms in total. The number of thiophene rings is 1. The molecule has 7 heteroatoms. The number of nitrogens with zero attached hydrogens (tertiary/aromatic N) is 3. The minimum atomic E-state index is 0.696. The molecule has 3 heterocycles. The van der Waals surface area contributed by atoms with Gasteiger partial charge in [-0.25, -0.2) is 0 Å². The number of imidazole rings is 1. The molecule has 0 saturated heterocycles. The summed E-state index contributed by atoms with van der Waals surface area (Å²) in [6.45, 7) is 0. The van der Waals surface area contributed by atoms with Crippen LogP contribution in [-0.4, -0.2) is 31.4 Å². The van der Waals surface area contributed by atoms with Gasteiger partial charge in [-0.1, -0.05) is 17.7 Å². The molecule has 0 amide bonds. The van der Waals surface area contributed by atoms with Crippen molar-refractivity contribution in [3.8, 4) is 16.1 Å². The second-order valence-electron chi connectivity index (χ2n) is 6.76. The van der Waals surface area contributed by atoms with E-state index in [9.17, 15) is 0 Å². The number of pyridine rings is 1. The number of halogens is 2. The van der Waals surface area contributed by atoms with Crippen LogP contribution in [0, 0.1) is 0 Å². The number of aromatic nitrogens is 3. The van der Waals surface area contributed by atoms with Gasteiger partial charge in [0.2, 0.25) is 0 Å². The zero-order valence-electron chi connectivity index (χ0n) is 15.3. The van der Waals surface area contributed by atoms with Crippen LogP contribution in [0.2, 0.25) is 15.3 Å². The Kier molecular flexibility index (Phi) is 5.13. The van der Waals surface area contributed by atoms with Crippen molar-refractivity contribution in [1.29, 1.82) is 0 Å². The quantitative estimate of drug-likeness (QED) is 0.275. The van der Waals surface area contributed by atoms with Crippen LogP contribution in [0.3, 0.4) is 0 Å². The molecule has 5 rings (SSSR count). The first-order chi connectivity index (χ1) is 14.2. The third kappa shape index (κ3) is 3.38. The number of rotatable bonds is 4. The normalized spacial score (nSPS) is 11.6. The average molecular weight is 500 g/mol. The van der Waals surface area contributed by atoms with Crippen LogP contribution in [0.4, 0.5) is 0 Å². The minimum absolute atomic E-state index is 0.696. The molecule has 2 aromatic carbocycles. The SMILES string of the molecule is Clc1cc2ncc3ncn(-c4ccc(CC[AsH2])cc4Cl)c3c2cc1-c1cccs1. The van der Waals surface area contributed by atoms with Crippen LogP contribution in [0.1, 0.15) is 5.56 Å². The van der Waals surface area contributed by atoms with Gasteiger partial charge in [-0.15, -0.1) is 11.3 Å². The van der Waals surface area contributed by atoms with Gasteiger partial charge in [0.05, 0.1) is 0 Å². The monoisotopic (exact) mass is 499 g/mol. The molecule has 1 atom stereocenters. The molecule has 0 aliphatic heterocycles. The molecule has 5 aromatic rings. The van der Waals surface area contributed by atoms with Gasteiger partial charge in [0.15, 0.2) is 0 Å². The van der Waals surface area contributed by atoms with Gasteiger partial charge in [0, 0.05) is 0 Å². The Labute approximate surface area is 190 Å². The summed E-state index contributed by atoms with van der Waals surface area (Å²) in [7, 11) is 0. The maximum atomic E-state index is 6.67. The standard InChI is InChI=1S/C22H16AsCl2N3S/c23-6-5-13-3-4-20(17(25)8-13)28-12-27-19-11-26-18-10-16(24)14(9-15(18)22(19)28)21-2-1-7-29-21/h1-4,7-12H,5-6,23H2. The van der Waals surface area contributed by atoms with E-state index in [0.717, 1.165) is 54.7 Å². The molecule has 0 radical (unpaired) electrons. The second kappa shape index (κ2) is 7.77. The Morgan fingerprint density at radius 1 is 1.00 bits per heavy atom. The van der Waals surface area contributed by atoms with Crippen molar-refractivity contribution >= 4 is 73.3 Å². The zero-order valence-corrected chi connectivity index (χ0v) is 20.0. The van der Waals surface area contributed by atoms with E-state index in [2.05, 4.69) is 45.7 Å². The minimum Gasteiger partial charge on any atom is -0.144 e. The van der Waals surface area contributed by atoms with Crippen LogP contribution in [0.15, 0.2) is 60.4 Å². The van der Waals surface area contributed by atoms with E-state index in [0.29, 0.717) is 5.02 Å². The summed E-state index contributed by atoms with van der Waals surface area (Å²) in [5.74, 6) is 0. The number of benzene rings is 2. The van der Waals surface area contributed by atoms with E-state index in [1.54, 1.807) is 34.4 Å². The predicted octanol–water partition coefficient (Wildman–Crippen LogP) is 6.20. The van der Waals surface area contributed by atoms with Crippen molar-refractivity contribution in [3.63, 3.8) is 0 Å². The zero-order chi connectivity index (χ0) is 20.0. The van der Waals surface area contributed by atoms with Crippen LogP contribution < -0.4 is 0 Å². The van der Waals surface area contributed by atoms with E-state index in [1.165, 1.54) is 5.56 Å². The molecule has 0 spiro atoms. The van der Waals surface area contributed by atoms with Gasteiger partial charge in [0.25, 0.3) is 0 Å². The Hall–Kier alpha value is -1.84. The van der Waals surface area contributed by atoms with Crippen molar-refractivity contribution in [3.05, 3.63) is 76.0 Å². The van der Waals surface area contributed by atoms with Crippen LogP contribution in [0.25, 0.3) is 38.1 Å². The Balaban J connectivity index is 1.77. The molecule has 0 bridgehead atoms. The molecule has 3 aromatic heterocycles. The number of hydrogen-bond donors (Lipinski definition) is 0. The topological polar surface area (TPSA) is 30.7 Å². The number of aryl methyl sites for hydroxylation is 1. The summed E-state index contributed by atoms with van der Waals surface area (Å²) in [5.41, 5.74) is 5.82. The molecular weight excluding hydrogens is 484 g/mol. The molecule has 0 fully saturated rings. The molecule has 144 valence electrons. The Bertz CT molecular complexity index is 1350. The fourth-order valence-electron chi connectivity index (χ4n) is 3.59. The summed E-state index contributed by atoms with van der Waals surface area (Å²) in [6.07, 6.45) is 4.64. The first-order valence-corrected chi connectivity index (χ1v) is 12.5. The first-order valence-electron chi connectivity index (χ1n) is 9.14. The fraction of sp³-hybridized carbons (Fsp3) is 0.0909. The van der Waals surface area contributed by atoms with Crippen molar-refractivity contribution in [1.82, 2.24) is 14.5 Å². The number of fused-ring (bicyclic) bond motifs is 3. The average Bonchev–Trinajstić information content (AvgIpc) is 3.38. The molecule has 1 unspecified atom stereocenters. The smallest absolute Gasteiger partial charge is 0.144 e. The molecular formula is C22H16AsCl2N3S. The van der Waals surface area contributed by atoms with Crippen molar-refractivity contribution in [2.45, 2.75) is 11.6 Å². The van der Waals surface area contributed by atoms with Crippen LogP contribution in [0.5, 0.6) is 0 Å². The summed E-state index contributed by atoms with van der Waals surface area (Å²) >= 11 is 16.6. The van der Waals surface area contributed by atoms with Gasteiger partial charge in [-0.2, -0.15) is 0 Å². The maximum absolute atomic E-state index is 6.67. The third-order valence-corrected chi connectivity index (χ3v) is 7.08. The molecule has 29 heavy (non-hydrogen) atoms. The van der Waals surface area contributed by atoms with Crippen LogP contribution in [-0.2, 0) is 6.42 Å². The molecule has 0 N–H and O–H groups in total. The van der Waals surface area contributed by atoms with Crippen molar-refractivity contribution in [2.24, 2.45) is 0 Å². The van der Waals surface area contributed by atoms with Gasteiger partial charge in [-0.3, -0.25) is 0 Å². The van der Waals surface area contributed by atoms with Gasteiger partial charge in [0.1, 0.15) is 0 Å².